The molecule has 1 aliphatic carbocycles. The Balaban J connectivity index is 1.50. The third-order valence-electron chi connectivity index (χ3n) is 5.63. The van der Waals surface area contributed by atoms with Crippen molar-refractivity contribution < 1.29 is 14.3 Å². The molecule has 3 heterocycles. The maximum Gasteiger partial charge on any atom is 0.261 e. The molecule has 26 heavy (non-hydrogen) atoms. The lowest BCUT2D eigenvalue weighted by Gasteiger charge is -2.26. The molecular formula is C19H25N3O3S. The van der Waals surface area contributed by atoms with Crippen molar-refractivity contribution in [3.8, 4) is 0 Å². The molecule has 1 amide bonds. The Morgan fingerprint density at radius 2 is 2.00 bits per heavy atom. The van der Waals surface area contributed by atoms with Gasteiger partial charge in [-0.25, -0.2) is 0 Å². The van der Waals surface area contributed by atoms with E-state index in [9.17, 15) is 9.59 Å². The summed E-state index contributed by atoms with van der Waals surface area (Å²) < 4.78 is 7.56. The molecule has 7 heteroatoms. The van der Waals surface area contributed by atoms with Crippen LogP contribution in [-0.4, -0.2) is 41.2 Å². The van der Waals surface area contributed by atoms with Crippen molar-refractivity contribution in [1.82, 2.24) is 15.1 Å². The van der Waals surface area contributed by atoms with Gasteiger partial charge in [0, 0.05) is 30.6 Å². The van der Waals surface area contributed by atoms with E-state index >= 15 is 0 Å². The van der Waals surface area contributed by atoms with E-state index in [1.54, 1.807) is 0 Å². The Hall–Kier alpha value is -1.73. The average molecular weight is 375 g/mol. The van der Waals surface area contributed by atoms with Crippen molar-refractivity contribution in [3.63, 3.8) is 0 Å². The van der Waals surface area contributed by atoms with Crippen LogP contribution in [0.2, 0.25) is 0 Å². The molecule has 0 bridgehead atoms. The number of thiophene rings is 1. The van der Waals surface area contributed by atoms with Crippen molar-refractivity contribution in [3.05, 3.63) is 16.6 Å². The average Bonchev–Trinajstić information content (AvgIpc) is 3.24. The molecule has 0 radical (unpaired) electrons. The second kappa shape index (κ2) is 7.48. The number of aryl methyl sites for hydroxylation is 1. The highest BCUT2D eigenvalue weighted by Crippen LogP contribution is 2.33. The lowest BCUT2D eigenvalue weighted by molar-refractivity contribution is -0.111. The fraction of sp³-hybridized carbons (Fsp3) is 0.632. The molecule has 0 spiro atoms. The molecule has 0 aromatic carbocycles. The first-order valence-corrected chi connectivity index (χ1v) is 10.3. The first-order valence-electron chi connectivity index (χ1n) is 9.48. The Bertz CT molecular complexity index is 798. The number of rotatable bonds is 4. The van der Waals surface area contributed by atoms with Gasteiger partial charge in [0.1, 0.15) is 11.1 Å². The van der Waals surface area contributed by atoms with Gasteiger partial charge >= 0.3 is 0 Å². The zero-order valence-electron chi connectivity index (χ0n) is 15.1. The van der Waals surface area contributed by atoms with E-state index in [0.29, 0.717) is 6.04 Å². The van der Waals surface area contributed by atoms with Gasteiger partial charge in [-0.05, 0) is 51.5 Å². The minimum atomic E-state index is -0.00122. The third kappa shape index (κ3) is 3.42. The lowest BCUT2D eigenvalue weighted by Crippen LogP contribution is -2.37. The second-order valence-electron chi connectivity index (χ2n) is 7.42. The predicted molar refractivity (Wildman–Crippen MR) is 101 cm³/mol. The summed E-state index contributed by atoms with van der Waals surface area (Å²) in [7, 11) is 0. The number of amides is 1. The molecule has 2 aliphatic rings. The van der Waals surface area contributed by atoms with Gasteiger partial charge in [-0.1, -0.05) is 0 Å². The highest BCUT2D eigenvalue weighted by Gasteiger charge is 2.25. The number of hydrogen-bond donors (Lipinski definition) is 1. The molecule has 0 unspecified atom stereocenters. The van der Waals surface area contributed by atoms with E-state index < -0.39 is 0 Å². The summed E-state index contributed by atoms with van der Waals surface area (Å²) in [6.07, 6.45) is 6.50. The highest BCUT2D eigenvalue weighted by molar-refractivity contribution is 7.20. The van der Waals surface area contributed by atoms with E-state index in [1.165, 1.54) is 11.3 Å². The number of ether oxygens (including phenoxy) is 1. The molecule has 2 fully saturated rings. The van der Waals surface area contributed by atoms with E-state index in [1.807, 2.05) is 13.0 Å². The molecule has 4 rings (SSSR count). The van der Waals surface area contributed by atoms with E-state index in [0.717, 1.165) is 78.8 Å². The minimum Gasteiger partial charge on any atom is -0.381 e. The van der Waals surface area contributed by atoms with Crippen LogP contribution < -0.4 is 5.32 Å². The number of nitrogens with one attached hydrogen (secondary N) is 1. The largest absolute Gasteiger partial charge is 0.381 e. The number of hydrogen-bond acceptors (Lipinski definition) is 5. The molecule has 2 aromatic heterocycles. The summed E-state index contributed by atoms with van der Waals surface area (Å²) in [5.74, 6) is 0.166. The quantitative estimate of drug-likeness (QED) is 0.833. The minimum absolute atomic E-state index is 0.00122. The molecule has 1 saturated heterocycles. The molecule has 140 valence electrons. The van der Waals surface area contributed by atoms with Crippen LogP contribution in [0.5, 0.6) is 0 Å². The molecule has 2 aromatic rings. The fourth-order valence-electron chi connectivity index (χ4n) is 4.02. The van der Waals surface area contributed by atoms with Gasteiger partial charge in [-0.3, -0.25) is 9.48 Å². The molecule has 1 saturated carbocycles. The standard InChI is InChI=1S/C19H25N3O3S/c1-12-16-10-17(18(24)20-14-4-2-13(11-23)3-5-14)26-19(16)22(21-12)15-6-8-25-9-7-15/h10-11,13-15H,2-9H2,1H3,(H,20,24). The summed E-state index contributed by atoms with van der Waals surface area (Å²) in [5.41, 5.74) is 0.980. The van der Waals surface area contributed by atoms with Gasteiger partial charge < -0.3 is 14.8 Å². The van der Waals surface area contributed by atoms with E-state index in [-0.39, 0.29) is 17.9 Å². The van der Waals surface area contributed by atoms with Crippen molar-refractivity contribution in [2.24, 2.45) is 5.92 Å². The van der Waals surface area contributed by atoms with Crippen LogP contribution in [0, 0.1) is 12.8 Å². The topological polar surface area (TPSA) is 73.2 Å². The van der Waals surface area contributed by atoms with Crippen molar-refractivity contribution in [2.45, 2.75) is 57.5 Å². The highest BCUT2D eigenvalue weighted by atomic mass is 32.1. The van der Waals surface area contributed by atoms with E-state index in [4.69, 9.17) is 9.84 Å². The molecule has 1 N–H and O–H groups in total. The summed E-state index contributed by atoms with van der Waals surface area (Å²) in [6.45, 7) is 3.55. The first kappa shape index (κ1) is 17.7. The number of aromatic nitrogens is 2. The molecule has 0 atom stereocenters. The van der Waals surface area contributed by atoms with Crippen LogP contribution in [0.15, 0.2) is 6.07 Å². The zero-order chi connectivity index (χ0) is 18.1. The summed E-state index contributed by atoms with van der Waals surface area (Å²) in [5, 5.41) is 8.95. The summed E-state index contributed by atoms with van der Waals surface area (Å²) in [4.78, 5) is 25.4. The van der Waals surface area contributed by atoms with Gasteiger partial charge in [-0.2, -0.15) is 5.10 Å². The van der Waals surface area contributed by atoms with Crippen LogP contribution in [0.4, 0.5) is 0 Å². The molecule has 6 nitrogen and oxygen atoms in total. The summed E-state index contributed by atoms with van der Waals surface area (Å²) >= 11 is 1.53. The smallest absolute Gasteiger partial charge is 0.261 e. The Morgan fingerprint density at radius 1 is 1.27 bits per heavy atom. The molecular weight excluding hydrogens is 350 g/mol. The van der Waals surface area contributed by atoms with Gasteiger partial charge in [0.25, 0.3) is 5.91 Å². The van der Waals surface area contributed by atoms with Crippen LogP contribution >= 0.6 is 11.3 Å². The number of aldehydes is 1. The molecule has 1 aliphatic heterocycles. The maximum atomic E-state index is 12.7. The van der Waals surface area contributed by atoms with Crippen LogP contribution in [-0.2, 0) is 9.53 Å². The van der Waals surface area contributed by atoms with Crippen LogP contribution in [0.25, 0.3) is 10.2 Å². The first-order chi connectivity index (χ1) is 12.7. The van der Waals surface area contributed by atoms with E-state index in [2.05, 4.69) is 10.00 Å². The van der Waals surface area contributed by atoms with Crippen molar-refractivity contribution >= 4 is 33.7 Å². The zero-order valence-corrected chi connectivity index (χ0v) is 15.9. The monoisotopic (exact) mass is 375 g/mol. The van der Waals surface area contributed by atoms with Gasteiger partial charge in [-0.15, -0.1) is 11.3 Å². The number of nitrogens with zero attached hydrogens (tertiary/aromatic N) is 2. The van der Waals surface area contributed by atoms with Crippen molar-refractivity contribution in [2.75, 3.05) is 13.2 Å². The number of fused-ring (bicyclic) bond motifs is 1. The third-order valence-corrected chi connectivity index (χ3v) is 6.75. The predicted octanol–water partition coefficient (Wildman–Crippen LogP) is 3.25. The lowest BCUT2D eigenvalue weighted by atomic mass is 9.87. The number of carbonyl (C=O) groups excluding carboxylic acids is 2. The van der Waals surface area contributed by atoms with Gasteiger partial charge in [0.05, 0.1) is 16.6 Å². The SMILES string of the molecule is Cc1nn(C2CCOCC2)c2sc(C(=O)NC3CCC(C=O)CC3)cc12. The van der Waals surface area contributed by atoms with Crippen molar-refractivity contribution in [1.29, 1.82) is 0 Å². The van der Waals surface area contributed by atoms with Crippen LogP contribution in [0.3, 0.4) is 0 Å². The Kier molecular flexibility index (Phi) is 5.09. The number of carbonyl (C=O) groups is 2. The Morgan fingerprint density at radius 3 is 2.69 bits per heavy atom. The summed E-state index contributed by atoms with van der Waals surface area (Å²) in [6, 6.07) is 2.51. The normalized spacial score (nSPS) is 24.7. The maximum absolute atomic E-state index is 12.7. The van der Waals surface area contributed by atoms with Crippen LogP contribution in [0.1, 0.15) is 59.9 Å². The Labute approximate surface area is 156 Å². The van der Waals surface area contributed by atoms with Gasteiger partial charge in [0.15, 0.2) is 0 Å². The second-order valence-corrected chi connectivity index (χ2v) is 8.45. The van der Waals surface area contributed by atoms with Gasteiger partial charge in [0.2, 0.25) is 0 Å². The fourth-order valence-corrected chi connectivity index (χ4v) is 5.15.